The second-order valence-electron chi connectivity index (χ2n) is 3.79. The Labute approximate surface area is 112 Å². The zero-order valence-electron chi connectivity index (χ0n) is 9.81. The fraction of sp³-hybridized carbons (Fsp3) is 0.0909. The van der Waals surface area contributed by atoms with Gasteiger partial charge in [-0.05, 0) is 19.1 Å². The summed E-state index contributed by atoms with van der Waals surface area (Å²) >= 11 is 5.73. The van der Waals surface area contributed by atoms with Crippen LogP contribution in [0.5, 0.6) is 0 Å². The van der Waals surface area contributed by atoms with E-state index < -0.39 is 10.8 Å². The van der Waals surface area contributed by atoms with Crippen LogP contribution in [-0.2, 0) is 0 Å². The number of amides is 1. The minimum Gasteiger partial charge on any atom is -0.328 e. The van der Waals surface area contributed by atoms with Crippen LogP contribution in [0.3, 0.4) is 0 Å². The van der Waals surface area contributed by atoms with Crippen LogP contribution < -0.4 is 5.32 Å². The van der Waals surface area contributed by atoms with E-state index in [0.717, 1.165) is 5.69 Å². The van der Waals surface area contributed by atoms with Crippen LogP contribution in [0.25, 0.3) is 0 Å². The van der Waals surface area contributed by atoms with Crippen LogP contribution in [-0.4, -0.2) is 20.8 Å². The van der Waals surface area contributed by atoms with Gasteiger partial charge in [0.15, 0.2) is 0 Å². The van der Waals surface area contributed by atoms with Gasteiger partial charge in [0.1, 0.15) is 5.02 Å². The molecule has 1 heterocycles. The third-order valence-electron chi connectivity index (χ3n) is 2.34. The average molecular weight is 281 g/mol. The van der Waals surface area contributed by atoms with Gasteiger partial charge in [0.05, 0.1) is 4.92 Å². The van der Waals surface area contributed by atoms with Gasteiger partial charge in [-0.25, -0.2) is 4.98 Å². The molecule has 1 amide bonds. The van der Waals surface area contributed by atoms with Crippen molar-refractivity contribution in [2.75, 3.05) is 5.32 Å². The topological polar surface area (TPSA) is 101 Å². The molecule has 0 bridgehead atoms. The largest absolute Gasteiger partial charge is 0.328 e. The zero-order valence-corrected chi connectivity index (χ0v) is 10.6. The second-order valence-corrected chi connectivity index (χ2v) is 4.20. The number of imidazole rings is 1. The van der Waals surface area contributed by atoms with Crippen molar-refractivity contribution >= 4 is 29.1 Å². The number of benzene rings is 1. The number of hydrogen-bond acceptors (Lipinski definition) is 4. The molecule has 1 aromatic heterocycles. The van der Waals surface area contributed by atoms with E-state index in [-0.39, 0.29) is 16.3 Å². The Bertz CT molecular complexity index is 653. The molecular formula is C11H9ClN4O3. The monoisotopic (exact) mass is 280 g/mol. The summed E-state index contributed by atoms with van der Waals surface area (Å²) < 4.78 is 0. The predicted molar refractivity (Wildman–Crippen MR) is 69.4 cm³/mol. The van der Waals surface area contributed by atoms with Gasteiger partial charge in [0.25, 0.3) is 11.6 Å². The number of carbonyl (C=O) groups is 1. The molecule has 98 valence electrons. The highest BCUT2D eigenvalue weighted by Gasteiger charge is 2.15. The van der Waals surface area contributed by atoms with Gasteiger partial charge in [0.2, 0.25) is 5.95 Å². The maximum absolute atomic E-state index is 11.9. The Hall–Kier alpha value is -2.41. The predicted octanol–water partition coefficient (Wildman–Crippen LogP) is 2.53. The number of rotatable bonds is 3. The minimum absolute atomic E-state index is 0.0896. The van der Waals surface area contributed by atoms with Gasteiger partial charge in [-0.3, -0.25) is 20.2 Å². The van der Waals surface area contributed by atoms with E-state index in [1.165, 1.54) is 18.2 Å². The quantitative estimate of drug-likeness (QED) is 0.666. The van der Waals surface area contributed by atoms with Crippen molar-refractivity contribution < 1.29 is 9.72 Å². The van der Waals surface area contributed by atoms with Crippen LogP contribution in [0.2, 0.25) is 5.02 Å². The number of anilines is 1. The average Bonchev–Trinajstić information content (AvgIpc) is 2.74. The van der Waals surface area contributed by atoms with Gasteiger partial charge in [-0.1, -0.05) is 11.6 Å². The van der Waals surface area contributed by atoms with Gasteiger partial charge in [-0.2, -0.15) is 0 Å². The van der Waals surface area contributed by atoms with E-state index in [1.807, 2.05) is 0 Å². The molecule has 0 spiro atoms. The lowest BCUT2D eigenvalue weighted by atomic mass is 10.2. The number of carbonyl (C=O) groups excluding carboxylic acids is 1. The standard InChI is InChI=1S/C11H9ClN4O3/c1-6-5-13-11(14-6)15-10(17)7-2-3-9(16(18)19)8(12)4-7/h2-5H,1H3,(H2,13,14,15,17). The lowest BCUT2D eigenvalue weighted by Crippen LogP contribution is -2.13. The normalized spacial score (nSPS) is 10.2. The fourth-order valence-electron chi connectivity index (χ4n) is 1.45. The first-order chi connectivity index (χ1) is 8.97. The van der Waals surface area contributed by atoms with E-state index in [0.29, 0.717) is 5.95 Å². The second kappa shape index (κ2) is 5.07. The molecule has 0 fully saturated rings. The first kappa shape index (κ1) is 13.0. The molecular weight excluding hydrogens is 272 g/mol. The molecule has 0 atom stereocenters. The van der Waals surface area contributed by atoms with Gasteiger partial charge < -0.3 is 4.98 Å². The summed E-state index contributed by atoms with van der Waals surface area (Å²) in [6.45, 7) is 1.80. The lowest BCUT2D eigenvalue weighted by Gasteiger charge is -2.02. The Morgan fingerprint density at radius 1 is 1.53 bits per heavy atom. The zero-order chi connectivity index (χ0) is 14.0. The van der Waals surface area contributed by atoms with Crippen LogP contribution >= 0.6 is 11.6 Å². The highest BCUT2D eigenvalue weighted by molar-refractivity contribution is 6.33. The summed E-state index contributed by atoms with van der Waals surface area (Å²) in [5.74, 6) is -0.150. The SMILES string of the molecule is Cc1cnc(NC(=O)c2ccc([N+](=O)[O-])c(Cl)c2)[nH]1. The number of H-pyrrole nitrogens is 1. The molecule has 8 heteroatoms. The van der Waals surface area contributed by atoms with E-state index in [9.17, 15) is 14.9 Å². The lowest BCUT2D eigenvalue weighted by molar-refractivity contribution is -0.384. The summed E-state index contributed by atoms with van der Waals surface area (Å²) in [6, 6.07) is 3.75. The molecule has 0 radical (unpaired) electrons. The van der Waals surface area contributed by atoms with E-state index in [4.69, 9.17) is 11.6 Å². The smallest absolute Gasteiger partial charge is 0.287 e. The number of nitro groups is 1. The third kappa shape index (κ3) is 2.89. The molecule has 1 aromatic carbocycles. The van der Waals surface area contributed by atoms with Gasteiger partial charge in [0, 0.05) is 23.5 Å². The van der Waals surface area contributed by atoms with Crippen molar-refractivity contribution in [3.05, 3.63) is 50.8 Å². The molecule has 19 heavy (non-hydrogen) atoms. The maximum Gasteiger partial charge on any atom is 0.287 e. The van der Waals surface area contributed by atoms with E-state index in [1.54, 1.807) is 13.1 Å². The van der Waals surface area contributed by atoms with Crippen molar-refractivity contribution in [3.8, 4) is 0 Å². The number of aryl methyl sites for hydroxylation is 1. The molecule has 7 nitrogen and oxygen atoms in total. The molecule has 0 saturated heterocycles. The number of aromatic nitrogens is 2. The molecule has 0 aliphatic heterocycles. The summed E-state index contributed by atoms with van der Waals surface area (Å²) in [7, 11) is 0. The highest BCUT2D eigenvalue weighted by Crippen LogP contribution is 2.25. The first-order valence-electron chi connectivity index (χ1n) is 5.24. The molecule has 0 aliphatic carbocycles. The third-order valence-corrected chi connectivity index (χ3v) is 2.64. The minimum atomic E-state index is -0.611. The van der Waals surface area contributed by atoms with Crippen LogP contribution in [0.4, 0.5) is 11.6 Å². The molecule has 2 N–H and O–H groups in total. The van der Waals surface area contributed by atoms with Gasteiger partial charge in [-0.15, -0.1) is 0 Å². The molecule has 0 unspecified atom stereocenters. The Morgan fingerprint density at radius 2 is 2.26 bits per heavy atom. The molecule has 2 rings (SSSR count). The molecule has 0 aliphatic rings. The Balaban J connectivity index is 2.20. The molecule has 0 saturated carbocycles. The number of nitrogens with one attached hydrogen (secondary N) is 2. The number of nitrogens with zero attached hydrogens (tertiary/aromatic N) is 2. The van der Waals surface area contributed by atoms with Gasteiger partial charge >= 0.3 is 0 Å². The van der Waals surface area contributed by atoms with Crippen molar-refractivity contribution in [2.24, 2.45) is 0 Å². The summed E-state index contributed by atoms with van der Waals surface area (Å²) in [6.07, 6.45) is 1.57. The number of nitro benzene ring substituents is 1. The van der Waals surface area contributed by atoms with Crippen molar-refractivity contribution in [1.29, 1.82) is 0 Å². The van der Waals surface area contributed by atoms with E-state index in [2.05, 4.69) is 15.3 Å². The van der Waals surface area contributed by atoms with Crippen LogP contribution in [0.1, 0.15) is 16.1 Å². The maximum atomic E-state index is 11.9. The fourth-order valence-corrected chi connectivity index (χ4v) is 1.70. The first-order valence-corrected chi connectivity index (χ1v) is 5.62. The van der Waals surface area contributed by atoms with Crippen molar-refractivity contribution in [2.45, 2.75) is 6.92 Å². The Kier molecular flexibility index (Phi) is 3.48. The van der Waals surface area contributed by atoms with Crippen molar-refractivity contribution in [3.63, 3.8) is 0 Å². The van der Waals surface area contributed by atoms with Crippen LogP contribution in [0.15, 0.2) is 24.4 Å². The number of halogens is 1. The van der Waals surface area contributed by atoms with Crippen molar-refractivity contribution in [1.82, 2.24) is 9.97 Å². The molecule has 2 aromatic rings. The number of aromatic amines is 1. The summed E-state index contributed by atoms with van der Waals surface area (Å²) in [4.78, 5) is 28.6. The van der Waals surface area contributed by atoms with E-state index >= 15 is 0 Å². The number of hydrogen-bond donors (Lipinski definition) is 2. The Morgan fingerprint density at radius 3 is 2.79 bits per heavy atom. The van der Waals surface area contributed by atoms with Crippen LogP contribution in [0, 0.1) is 17.0 Å². The summed E-state index contributed by atoms with van der Waals surface area (Å²) in [5.41, 5.74) is 0.772. The highest BCUT2D eigenvalue weighted by atomic mass is 35.5. The summed E-state index contributed by atoms with van der Waals surface area (Å²) in [5, 5.41) is 13.0.